The van der Waals surface area contributed by atoms with Crippen LogP contribution in [0.15, 0.2) is 30.3 Å². The Morgan fingerprint density at radius 2 is 2.13 bits per heavy atom. The van der Waals surface area contributed by atoms with Crippen LogP contribution < -0.4 is 10.6 Å². The van der Waals surface area contributed by atoms with Gasteiger partial charge in [0.15, 0.2) is 0 Å². The monoisotopic (exact) mass is 304 g/mol. The maximum absolute atomic E-state index is 9.40. The summed E-state index contributed by atoms with van der Waals surface area (Å²) in [5.74, 6) is 0.734. The number of nitrogens with zero attached hydrogens (tertiary/aromatic N) is 2. The smallest absolute Gasteiger partial charge is 0.144 e. The molecule has 4 nitrogen and oxygen atoms in total. The SMILES string of the molecule is N#Cc1cc2c(nc1NCC1NCCc3ccccc31)CCC2. The number of nitrogens with one attached hydrogen (secondary N) is 2. The van der Waals surface area contributed by atoms with Gasteiger partial charge in [-0.15, -0.1) is 0 Å². The molecule has 2 aliphatic rings. The number of aromatic nitrogens is 1. The molecule has 0 saturated carbocycles. The molecule has 1 aromatic heterocycles. The van der Waals surface area contributed by atoms with Gasteiger partial charge in [-0.2, -0.15) is 5.26 Å². The molecule has 0 saturated heterocycles. The molecule has 0 radical (unpaired) electrons. The summed E-state index contributed by atoms with van der Waals surface area (Å²) in [7, 11) is 0. The molecule has 4 rings (SSSR count). The topological polar surface area (TPSA) is 60.7 Å². The maximum Gasteiger partial charge on any atom is 0.144 e. The highest BCUT2D eigenvalue weighted by molar-refractivity contribution is 5.55. The summed E-state index contributed by atoms with van der Waals surface area (Å²) in [5, 5.41) is 16.4. The second kappa shape index (κ2) is 6.02. The number of rotatable bonds is 3. The highest BCUT2D eigenvalue weighted by atomic mass is 15.0. The summed E-state index contributed by atoms with van der Waals surface area (Å²) >= 11 is 0. The predicted octanol–water partition coefficient (Wildman–Crippen LogP) is 2.74. The van der Waals surface area contributed by atoms with E-state index in [2.05, 4.69) is 41.0 Å². The zero-order valence-corrected chi connectivity index (χ0v) is 13.1. The molecule has 1 aromatic carbocycles. The predicted molar refractivity (Wildman–Crippen MR) is 90.4 cm³/mol. The molecule has 2 aromatic rings. The minimum atomic E-state index is 0.265. The van der Waals surface area contributed by atoms with Crippen LogP contribution in [0.3, 0.4) is 0 Å². The third-order valence-corrected chi connectivity index (χ3v) is 4.86. The Hall–Kier alpha value is -2.38. The van der Waals surface area contributed by atoms with Crippen molar-refractivity contribution in [1.82, 2.24) is 10.3 Å². The van der Waals surface area contributed by atoms with E-state index in [0.717, 1.165) is 50.3 Å². The molecule has 1 atom stereocenters. The van der Waals surface area contributed by atoms with Crippen molar-refractivity contribution >= 4 is 5.82 Å². The summed E-state index contributed by atoms with van der Waals surface area (Å²) in [5.41, 5.74) is 5.83. The van der Waals surface area contributed by atoms with Crippen molar-refractivity contribution in [3.8, 4) is 6.07 Å². The molecule has 2 heterocycles. The van der Waals surface area contributed by atoms with Crippen LogP contribution in [0, 0.1) is 11.3 Å². The van der Waals surface area contributed by atoms with Crippen LogP contribution in [-0.2, 0) is 19.3 Å². The second-order valence-corrected chi connectivity index (χ2v) is 6.29. The van der Waals surface area contributed by atoms with Gasteiger partial charge in [-0.25, -0.2) is 4.98 Å². The molecule has 1 unspecified atom stereocenters. The fourth-order valence-electron chi connectivity index (χ4n) is 3.67. The minimum absolute atomic E-state index is 0.265. The summed E-state index contributed by atoms with van der Waals surface area (Å²) in [4.78, 5) is 4.70. The van der Waals surface area contributed by atoms with Crippen LogP contribution in [-0.4, -0.2) is 18.1 Å². The Bertz CT molecular complexity index is 775. The molecule has 0 fully saturated rings. The van der Waals surface area contributed by atoms with Gasteiger partial charge in [0.25, 0.3) is 0 Å². The number of hydrogen-bond acceptors (Lipinski definition) is 4. The van der Waals surface area contributed by atoms with Crippen LogP contribution >= 0.6 is 0 Å². The fourth-order valence-corrected chi connectivity index (χ4v) is 3.67. The Morgan fingerprint density at radius 3 is 3.04 bits per heavy atom. The standard InChI is InChI=1S/C19H20N4/c20-11-15-10-14-5-3-7-17(14)23-19(15)22-12-18-16-6-2-1-4-13(16)8-9-21-18/h1-2,4,6,10,18,21H,3,5,7-9,12H2,(H,22,23). The van der Waals surface area contributed by atoms with Gasteiger partial charge >= 0.3 is 0 Å². The molecule has 116 valence electrons. The van der Waals surface area contributed by atoms with Crippen molar-refractivity contribution in [2.75, 3.05) is 18.4 Å². The first-order chi connectivity index (χ1) is 11.3. The van der Waals surface area contributed by atoms with Crippen LogP contribution in [0.25, 0.3) is 0 Å². The quantitative estimate of drug-likeness (QED) is 0.915. The lowest BCUT2D eigenvalue weighted by atomic mass is 9.94. The third kappa shape index (κ3) is 2.69. The van der Waals surface area contributed by atoms with E-state index in [4.69, 9.17) is 4.98 Å². The van der Waals surface area contributed by atoms with Crippen molar-refractivity contribution in [1.29, 1.82) is 5.26 Å². The number of aryl methyl sites for hydroxylation is 2. The van der Waals surface area contributed by atoms with E-state index < -0.39 is 0 Å². The minimum Gasteiger partial charge on any atom is -0.367 e. The van der Waals surface area contributed by atoms with E-state index in [-0.39, 0.29) is 6.04 Å². The normalized spacial score (nSPS) is 18.8. The van der Waals surface area contributed by atoms with Crippen LogP contribution in [0.1, 0.15) is 40.4 Å². The van der Waals surface area contributed by atoms with Crippen molar-refractivity contribution < 1.29 is 0 Å². The summed E-state index contributed by atoms with van der Waals surface area (Å²) < 4.78 is 0. The summed E-state index contributed by atoms with van der Waals surface area (Å²) in [6.45, 7) is 1.74. The number of nitriles is 1. The van der Waals surface area contributed by atoms with Crippen LogP contribution in [0.4, 0.5) is 5.82 Å². The number of benzene rings is 1. The first-order valence-corrected chi connectivity index (χ1v) is 8.33. The van der Waals surface area contributed by atoms with Crippen molar-refractivity contribution in [3.63, 3.8) is 0 Å². The van der Waals surface area contributed by atoms with Gasteiger partial charge in [0.1, 0.15) is 11.9 Å². The van der Waals surface area contributed by atoms with Gasteiger partial charge in [-0.05, 0) is 55.0 Å². The average Bonchev–Trinajstić information content (AvgIpc) is 3.06. The number of fused-ring (bicyclic) bond motifs is 2. The van der Waals surface area contributed by atoms with E-state index in [9.17, 15) is 5.26 Å². The van der Waals surface area contributed by atoms with Crippen LogP contribution in [0.2, 0.25) is 0 Å². The van der Waals surface area contributed by atoms with Gasteiger partial charge in [0.2, 0.25) is 0 Å². The van der Waals surface area contributed by atoms with Gasteiger partial charge in [0.05, 0.1) is 5.56 Å². The first kappa shape index (κ1) is 14.2. The third-order valence-electron chi connectivity index (χ3n) is 4.86. The van der Waals surface area contributed by atoms with E-state index >= 15 is 0 Å². The van der Waals surface area contributed by atoms with Crippen molar-refractivity contribution in [3.05, 3.63) is 58.3 Å². The van der Waals surface area contributed by atoms with Gasteiger partial charge in [-0.3, -0.25) is 0 Å². The highest BCUT2D eigenvalue weighted by Crippen LogP contribution is 2.26. The van der Waals surface area contributed by atoms with E-state index in [1.54, 1.807) is 0 Å². The molecule has 0 amide bonds. The maximum atomic E-state index is 9.40. The molecule has 2 N–H and O–H groups in total. The molecule has 0 bridgehead atoms. The molecule has 1 aliphatic carbocycles. The average molecular weight is 304 g/mol. The second-order valence-electron chi connectivity index (χ2n) is 6.29. The van der Waals surface area contributed by atoms with Crippen LogP contribution in [0.5, 0.6) is 0 Å². The Balaban J connectivity index is 1.55. The highest BCUT2D eigenvalue weighted by Gasteiger charge is 2.21. The number of anilines is 1. The van der Waals surface area contributed by atoms with Gasteiger partial charge in [0, 0.05) is 18.3 Å². The molecule has 23 heavy (non-hydrogen) atoms. The number of pyridine rings is 1. The van der Waals surface area contributed by atoms with Gasteiger partial charge < -0.3 is 10.6 Å². The fraction of sp³-hybridized carbons (Fsp3) is 0.368. The zero-order chi connectivity index (χ0) is 15.6. The van der Waals surface area contributed by atoms with Gasteiger partial charge in [-0.1, -0.05) is 24.3 Å². The Kier molecular flexibility index (Phi) is 3.72. The molecule has 1 aliphatic heterocycles. The molecule has 0 spiro atoms. The first-order valence-electron chi connectivity index (χ1n) is 8.33. The largest absolute Gasteiger partial charge is 0.367 e. The lowest BCUT2D eigenvalue weighted by Crippen LogP contribution is -2.34. The lowest BCUT2D eigenvalue weighted by molar-refractivity contribution is 0.523. The van der Waals surface area contributed by atoms with Crippen molar-refractivity contribution in [2.24, 2.45) is 0 Å². The van der Waals surface area contributed by atoms with E-state index in [1.165, 1.54) is 16.7 Å². The Labute approximate surface area is 136 Å². The molecular weight excluding hydrogens is 284 g/mol. The molecular formula is C19H20N4. The van der Waals surface area contributed by atoms with E-state index in [0.29, 0.717) is 5.56 Å². The summed E-state index contributed by atoms with van der Waals surface area (Å²) in [6, 6.07) is 13.2. The zero-order valence-electron chi connectivity index (χ0n) is 13.1. The summed E-state index contributed by atoms with van der Waals surface area (Å²) in [6.07, 6.45) is 4.30. The lowest BCUT2D eigenvalue weighted by Gasteiger charge is -2.27. The van der Waals surface area contributed by atoms with Crippen molar-refractivity contribution in [2.45, 2.75) is 31.7 Å². The Morgan fingerprint density at radius 1 is 1.22 bits per heavy atom. The molecule has 4 heteroatoms. The number of hydrogen-bond donors (Lipinski definition) is 2. The van der Waals surface area contributed by atoms with E-state index in [1.807, 2.05) is 6.07 Å².